The number of carbonyl (C=O) groups excluding carboxylic acids is 1. The zero-order valence-corrected chi connectivity index (χ0v) is 6.67. The van der Waals surface area contributed by atoms with Gasteiger partial charge in [0.25, 0.3) is 0 Å². The molecule has 1 fully saturated rings. The van der Waals surface area contributed by atoms with Crippen LogP contribution in [0.1, 0.15) is 13.3 Å². The Morgan fingerprint density at radius 1 is 1.82 bits per heavy atom. The fourth-order valence-corrected chi connectivity index (χ4v) is 1.09. The number of hydrogen-bond acceptors (Lipinski definition) is 3. The number of carbonyl (C=O) groups is 1. The second-order valence-electron chi connectivity index (χ2n) is 2.97. The second-order valence-corrected chi connectivity index (χ2v) is 2.97. The van der Waals surface area contributed by atoms with E-state index in [2.05, 4.69) is 5.32 Å². The highest BCUT2D eigenvalue weighted by Crippen LogP contribution is 2.02. The molecular weight excluding hydrogens is 144 g/mol. The van der Waals surface area contributed by atoms with Gasteiger partial charge >= 0.3 is 0 Å². The minimum atomic E-state index is -0.259. The molecular formula is C7H14N2O2. The lowest BCUT2D eigenvalue weighted by atomic mass is 10.2. The monoisotopic (exact) mass is 158 g/mol. The summed E-state index contributed by atoms with van der Waals surface area (Å²) in [6.45, 7) is 3.45. The normalized spacial score (nSPS) is 20.8. The van der Waals surface area contributed by atoms with Gasteiger partial charge < -0.3 is 15.8 Å². The first-order valence-electron chi connectivity index (χ1n) is 3.80. The summed E-state index contributed by atoms with van der Waals surface area (Å²) in [5, 5.41) is 3.22. The maximum Gasteiger partial charge on any atom is 0.218 e. The van der Waals surface area contributed by atoms with Crippen LogP contribution < -0.4 is 11.1 Å². The lowest BCUT2D eigenvalue weighted by Crippen LogP contribution is -2.50. The van der Waals surface area contributed by atoms with Crippen molar-refractivity contribution in [2.75, 3.05) is 13.2 Å². The van der Waals surface area contributed by atoms with Gasteiger partial charge in [-0.2, -0.15) is 0 Å². The summed E-state index contributed by atoms with van der Waals surface area (Å²) in [7, 11) is 0. The standard InChI is InChI=1S/C7H14N2O2/c1-5(2-7(8)10)9-6-3-11-4-6/h5-6,9H,2-4H2,1H3,(H2,8,10). The van der Waals surface area contributed by atoms with Crippen molar-refractivity contribution in [3.8, 4) is 0 Å². The van der Waals surface area contributed by atoms with Gasteiger partial charge in [0.2, 0.25) is 5.91 Å². The highest BCUT2D eigenvalue weighted by molar-refractivity contribution is 5.74. The lowest BCUT2D eigenvalue weighted by Gasteiger charge is -2.29. The number of primary amides is 1. The first-order chi connectivity index (χ1) is 5.18. The molecule has 3 N–H and O–H groups in total. The third-order valence-corrected chi connectivity index (χ3v) is 1.67. The number of rotatable bonds is 4. The van der Waals surface area contributed by atoms with Crippen molar-refractivity contribution < 1.29 is 9.53 Å². The average molecular weight is 158 g/mol. The number of amides is 1. The molecule has 0 radical (unpaired) electrons. The van der Waals surface area contributed by atoms with Crippen LogP contribution in [0.25, 0.3) is 0 Å². The quantitative estimate of drug-likeness (QED) is 0.565. The maximum absolute atomic E-state index is 10.4. The fourth-order valence-electron chi connectivity index (χ4n) is 1.09. The molecule has 0 aromatic carbocycles. The third-order valence-electron chi connectivity index (χ3n) is 1.67. The molecule has 1 heterocycles. The molecule has 0 aromatic heterocycles. The second kappa shape index (κ2) is 3.69. The van der Waals surface area contributed by atoms with Crippen molar-refractivity contribution in [2.45, 2.75) is 25.4 Å². The van der Waals surface area contributed by atoms with Crippen LogP contribution >= 0.6 is 0 Å². The van der Waals surface area contributed by atoms with Crippen LogP contribution in [0, 0.1) is 0 Å². The number of hydrogen-bond donors (Lipinski definition) is 2. The molecule has 64 valence electrons. The van der Waals surface area contributed by atoms with Crippen LogP contribution in [-0.2, 0) is 9.53 Å². The minimum absolute atomic E-state index is 0.168. The molecule has 4 heteroatoms. The molecule has 1 saturated heterocycles. The van der Waals surface area contributed by atoms with Crippen molar-refractivity contribution in [3.05, 3.63) is 0 Å². The molecule has 1 amide bonds. The van der Waals surface area contributed by atoms with E-state index in [0.29, 0.717) is 12.5 Å². The van der Waals surface area contributed by atoms with Crippen LogP contribution in [0.3, 0.4) is 0 Å². The summed E-state index contributed by atoms with van der Waals surface area (Å²) in [6.07, 6.45) is 0.399. The highest BCUT2D eigenvalue weighted by atomic mass is 16.5. The third kappa shape index (κ3) is 2.86. The molecule has 1 aliphatic rings. The van der Waals surface area contributed by atoms with Gasteiger partial charge in [-0.25, -0.2) is 0 Å². The van der Waals surface area contributed by atoms with Crippen molar-refractivity contribution in [1.29, 1.82) is 0 Å². The molecule has 0 aromatic rings. The first kappa shape index (κ1) is 8.49. The predicted octanol–water partition coefficient (Wildman–Crippen LogP) is -0.761. The number of ether oxygens (including phenoxy) is 1. The van der Waals surface area contributed by atoms with Gasteiger partial charge in [0.15, 0.2) is 0 Å². The van der Waals surface area contributed by atoms with E-state index in [1.807, 2.05) is 6.92 Å². The van der Waals surface area contributed by atoms with Gasteiger partial charge in [-0.05, 0) is 6.92 Å². The van der Waals surface area contributed by atoms with Gasteiger partial charge in [0.05, 0.1) is 19.3 Å². The van der Waals surface area contributed by atoms with Gasteiger partial charge in [-0.15, -0.1) is 0 Å². The van der Waals surface area contributed by atoms with Gasteiger partial charge in [0.1, 0.15) is 0 Å². The van der Waals surface area contributed by atoms with E-state index in [9.17, 15) is 4.79 Å². The minimum Gasteiger partial charge on any atom is -0.378 e. The molecule has 1 rings (SSSR count). The fraction of sp³-hybridized carbons (Fsp3) is 0.857. The van der Waals surface area contributed by atoms with Crippen molar-refractivity contribution in [1.82, 2.24) is 5.32 Å². The molecule has 4 nitrogen and oxygen atoms in total. The van der Waals surface area contributed by atoms with Gasteiger partial charge in [-0.1, -0.05) is 0 Å². The number of nitrogens with one attached hydrogen (secondary N) is 1. The van der Waals surface area contributed by atoms with Gasteiger partial charge in [0, 0.05) is 12.5 Å². The Labute approximate surface area is 66.1 Å². The molecule has 1 atom stereocenters. The van der Waals surface area contributed by atoms with Crippen LogP contribution in [-0.4, -0.2) is 31.2 Å². The molecule has 11 heavy (non-hydrogen) atoms. The summed E-state index contributed by atoms with van der Waals surface area (Å²) in [4.78, 5) is 10.4. The van der Waals surface area contributed by atoms with E-state index in [1.54, 1.807) is 0 Å². The van der Waals surface area contributed by atoms with Crippen LogP contribution in [0.5, 0.6) is 0 Å². The number of nitrogens with two attached hydrogens (primary N) is 1. The lowest BCUT2D eigenvalue weighted by molar-refractivity contribution is -0.118. The zero-order chi connectivity index (χ0) is 8.27. The topological polar surface area (TPSA) is 64.4 Å². The highest BCUT2D eigenvalue weighted by Gasteiger charge is 2.20. The summed E-state index contributed by atoms with van der Waals surface area (Å²) >= 11 is 0. The summed E-state index contributed by atoms with van der Waals surface area (Å²) in [5.74, 6) is -0.259. The largest absolute Gasteiger partial charge is 0.378 e. The molecule has 1 unspecified atom stereocenters. The Balaban J connectivity index is 2.09. The Bertz CT molecular complexity index is 145. The predicted molar refractivity (Wildman–Crippen MR) is 41.0 cm³/mol. The van der Waals surface area contributed by atoms with Crippen molar-refractivity contribution in [2.24, 2.45) is 5.73 Å². The van der Waals surface area contributed by atoms with E-state index in [1.165, 1.54) is 0 Å². The van der Waals surface area contributed by atoms with Crippen LogP contribution in [0.4, 0.5) is 0 Å². The molecule has 0 spiro atoms. The van der Waals surface area contributed by atoms with E-state index in [0.717, 1.165) is 13.2 Å². The van der Waals surface area contributed by atoms with Gasteiger partial charge in [-0.3, -0.25) is 4.79 Å². The summed E-state index contributed by atoms with van der Waals surface area (Å²) in [5.41, 5.74) is 5.02. The Hall–Kier alpha value is -0.610. The first-order valence-corrected chi connectivity index (χ1v) is 3.80. The summed E-state index contributed by atoms with van der Waals surface area (Å²) < 4.78 is 4.96. The van der Waals surface area contributed by atoms with E-state index < -0.39 is 0 Å². The SMILES string of the molecule is CC(CC(N)=O)NC1COC1. The van der Waals surface area contributed by atoms with Crippen molar-refractivity contribution >= 4 is 5.91 Å². The Morgan fingerprint density at radius 2 is 2.45 bits per heavy atom. The Morgan fingerprint density at radius 3 is 2.82 bits per heavy atom. The maximum atomic E-state index is 10.4. The average Bonchev–Trinajstić information content (AvgIpc) is 1.77. The van der Waals surface area contributed by atoms with E-state index in [-0.39, 0.29) is 11.9 Å². The zero-order valence-electron chi connectivity index (χ0n) is 6.67. The smallest absolute Gasteiger partial charge is 0.218 e. The molecule has 0 saturated carbocycles. The van der Waals surface area contributed by atoms with E-state index >= 15 is 0 Å². The van der Waals surface area contributed by atoms with Crippen LogP contribution in [0.15, 0.2) is 0 Å². The van der Waals surface area contributed by atoms with E-state index in [4.69, 9.17) is 10.5 Å². The Kier molecular flexibility index (Phi) is 2.84. The van der Waals surface area contributed by atoms with Crippen molar-refractivity contribution in [3.63, 3.8) is 0 Å². The van der Waals surface area contributed by atoms with Crippen LogP contribution in [0.2, 0.25) is 0 Å². The molecule has 0 bridgehead atoms. The summed E-state index contributed by atoms with van der Waals surface area (Å²) in [6, 6.07) is 0.589. The molecule has 0 aliphatic carbocycles. The molecule has 1 aliphatic heterocycles.